The highest BCUT2D eigenvalue weighted by molar-refractivity contribution is 5.68. The monoisotopic (exact) mass is 544 g/mol. The van der Waals surface area contributed by atoms with Gasteiger partial charge in [-0.05, 0) is 71.1 Å². The average molecular weight is 545 g/mol. The average Bonchev–Trinajstić information content (AvgIpc) is 3.52. The van der Waals surface area contributed by atoms with E-state index in [1.807, 2.05) is 73.2 Å². The van der Waals surface area contributed by atoms with E-state index < -0.39 is 5.60 Å². The van der Waals surface area contributed by atoms with Gasteiger partial charge in [-0.25, -0.2) is 14.5 Å². The number of ether oxygens (including phenoxy) is 1. The number of rotatable bonds is 10. The summed E-state index contributed by atoms with van der Waals surface area (Å²) in [6.45, 7) is 13.6. The maximum absolute atomic E-state index is 13.0. The van der Waals surface area contributed by atoms with E-state index in [4.69, 9.17) is 9.72 Å². The van der Waals surface area contributed by atoms with E-state index in [9.17, 15) is 4.79 Å². The zero-order valence-corrected chi connectivity index (χ0v) is 24.2. The Bertz CT molecular complexity index is 1450. The molecule has 1 fully saturated rings. The Kier molecular flexibility index (Phi) is 8.04. The molecule has 0 aliphatic heterocycles. The standard InChI is InChI=1S/C30H40N8O2/c1-6-35(7-2)26-13-24(14-31-15-26)27-21-38(34-33-27)20-25-19-36-17-23(11-12-28(36)32-25)18-37(16-22-9-8-10-22)29(39)40-30(3,4)5/h11-15,17,19,21-22H,6-10,16,18,20H2,1-5H3. The predicted molar refractivity (Wildman–Crippen MR) is 155 cm³/mol. The van der Waals surface area contributed by atoms with Crippen molar-refractivity contribution in [3.8, 4) is 11.3 Å². The van der Waals surface area contributed by atoms with Crippen molar-refractivity contribution in [1.29, 1.82) is 0 Å². The number of amides is 1. The highest BCUT2D eigenvalue weighted by Gasteiger charge is 2.27. The lowest BCUT2D eigenvalue weighted by Crippen LogP contribution is -2.40. The fraction of sp³-hybridized carbons (Fsp3) is 0.500. The smallest absolute Gasteiger partial charge is 0.410 e. The molecule has 0 saturated heterocycles. The van der Waals surface area contributed by atoms with Crippen molar-refractivity contribution < 1.29 is 9.53 Å². The van der Waals surface area contributed by atoms with Gasteiger partial charge in [-0.2, -0.15) is 0 Å². The summed E-state index contributed by atoms with van der Waals surface area (Å²) in [6, 6.07) is 6.13. The number of carbonyl (C=O) groups excluding carboxylic acids is 1. The molecule has 0 N–H and O–H groups in total. The number of hydrogen-bond donors (Lipinski definition) is 0. The second-order valence-corrected chi connectivity index (χ2v) is 11.6. The predicted octanol–water partition coefficient (Wildman–Crippen LogP) is 5.42. The van der Waals surface area contributed by atoms with Crippen LogP contribution < -0.4 is 4.90 Å². The second kappa shape index (κ2) is 11.7. The van der Waals surface area contributed by atoms with Gasteiger partial charge in [-0.3, -0.25) is 4.98 Å². The lowest BCUT2D eigenvalue weighted by Gasteiger charge is -2.33. The van der Waals surface area contributed by atoms with Crippen LogP contribution in [0.2, 0.25) is 0 Å². The first-order chi connectivity index (χ1) is 19.2. The van der Waals surface area contributed by atoms with Gasteiger partial charge in [0.15, 0.2) is 0 Å². The summed E-state index contributed by atoms with van der Waals surface area (Å²) >= 11 is 0. The van der Waals surface area contributed by atoms with Crippen molar-refractivity contribution >= 4 is 17.4 Å². The van der Waals surface area contributed by atoms with Gasteiger partial charge in [0, 0.05) is 43.8 Å². The third-order valence-electron chi connectivity index (χ3n) is 7.30. The third kappa shape index (κ3) is 6.60. The van der Waals surface area contributed by atoms with Gasteiger partial charge >= 0.3 is 6.09 Å². The molecule has 4 heterocycles. The summed E-state index contributed by atoms with van der Waals surface area (Å²) < 4.78 is 9.52. The summed E-state index contributed by atoms with van der Waals surface area (Å²) in [5, 5.41) is 8.72. The number of carbonyl (C=O) groups is 1. The molecular formula is C30H40N8O2. The van der Waals surface area contributed by atoms with Crippen LogP contribution in [0.3, 0.4) is 0 Å². The first-order valence-electron chi connectivity index (χ1n) is 14.3. The SMILES string of the molecule is CCN(CC)c1cncc(-c2cn(Cc3cn4cc(CN(CC5CCC5)C(=O)OC(C)(C)C)ccc4n3)nn2)c1. The second-order valence-electron chi connectivity index (χ2n) is 11.6. The molecule has 1 aliphatic carbocycles. The molecule has 1 saturated carbocycles. The fourth-order valence-corrected chi connectivity index (χ4v) is 5.00. The van der Waals surface area contributed by atoms with Crippen LogP contribution >= 0.6 is 0 Å². The number of anilines is 1. The molecule has 212 valence electrons. The molecule has 10 nitrogen and oxygen atoms in total. The quantitative estimate of drug-likeness (QED) is 0.263. The Balaban J connectivity index is 1.29. The molecule has 0 bridgehead atoms. The maximum atomic E-state index is 13.0. The number of fused-ring (bicyclic) bond motifs is 1. The summed E-state index contributed by atoms with van der Waals surface area (Å²) in [5.41, 5.74) is 5.02. The first-order valence-corrected chi connectivity index (χ1v) is 14.3. The van der Waals surface area contributed by atoms with Crippen molar-refractivity contribution in [2.75, 3.05) is 24.5 Å². The van der Waals surface area contributed by atoms with Gasteiger partial charge in [0.1, 0.15) is 16.9 Å². The Morgan fingerprint density at radius 1 is 1.10 bits per heavy atom. The summed E-state index contributed by atoms with van der Waals surface area (Å²) in [7, 11) is 0. The highest BCUT2D eigenvalue weighted by atomic mass is 16.6. The van der Waals surface area contributed by atoms with Crippen LogP contribution in [-0.2, 0) is 17.8 Å². The molecule has 1 amide bonds. The molecule has 4 aromatic heterocycles. The van der Waals surface area contributed by atoms with Crippen molar-refractivity contribution in [1.82, 2.24) is 34.3 Å². The summed E-state index contributed by atoms with van der Waals surface area (Å²) in [6.07, 6.45) is 13.0. The van der Waals surface area contributed by atoms with E-state index in [0.29, 0.717) is 19.0 Å². The van der Waals surface area contributed by atoms with Crippen LogP contribution in [0.5, 0.6) is 0 Å². The molecule has 5 rings (SSSR count). The van der Waals surface area contributed by atoms with Crippen molar-refractivity contribution in [2.45, 2.75) is 72.6 Å². The minimum atomic E-state index is -0.524. The van der Waals surface area contributed by atoms with E-state index in [0.717, 1.165) is 53.5 Å². The topological polar surface area (TPSA) is 93.7 Å². The zero-order valence-electron chi connectivity index (χ0n) is 24.2. The Morgan fingerprint density at radius 2 is 1.90 bits per heavy atom. The van der Waals surface area contributed by atoms with Gasteiger partial charge in [0.2, 0.25) is 0 Å². The van der Waals surface area contributed by atoms with E-state index >= 15 is 0 Å². The number of imidazole rings is 1. The van der Waals surface area contributed by atoms with E-state index in [1.165, 1.54) is 19.3 Å². The summed E-state index contributed by atoms with van der Waals surface area (Å²) in [4.78, 5) is 26.2. The molecule has 0 atom stereocenters. The molecule has 0 unspecified atom stereocenters. The normalized spacial score (nSPS) is 13.8. The van der Waals surface area contributed by atoms with E-state index in [2.05, 4.69) is 40.1 Å². The highest BCUT2D eigenvalue weighted by Crippen LogP contribution is 2.28. The van der Waals surface area contributed by atoms with Gasteiger partial charge in [0.05, 0.1) is 36.9 Å². The van der Waals surface area contributed by atoms with Crippen LogP contribution in [0.4, 0.5) is 10.5 Å². The van der Waals surface area contributed by atoms with Crippen LogP contribution in [0.15, 0.2) is 49.2 Å². The number of pyridine rings is 2. The molecule has 0 aromatic carbocycles. The Labute approximate surface area is 236 Å². The molecule has 1 aliphatic rings. The number of aromatic nitrogens is 6. The van der Waals surface area contributed by atoms with Crippen molar-refractivity contribution in [2.24, 2.45) is 5.92 Å². The van der Waals surface area contributed by atoms with Crippen LogP contribution in [0, 0.1) is 5.92 Å². The van der Waals surface area contributed by atoms with E-state index in [1.54, 1.807) is 4.68 Å². The van der Waals surface area contributed by atoms with Gasteiger partial charge in [-0.15, -0.1) is 5.10 Å². The van der Waals surface area contributed by atoms with Crippen LogP contribution in [0.1, 0.15) is 65.1 Å². The first kappa shape index (κ1) is 27.6. The van der Waals surface area contributed by atoms with Crippen LogP contribution in [0.25, 0.3) is 16.9 Å². The number of hydrogen-bond acceptors (Lipinski definition) is 7. The molecule has 10 heteroatoms. The fourth-order valence-electron chi connectivity index (χ4n) is 5.00. The molecule has 40 heavy (non-hydrogen) atoms. The number of nitrogens with zero attached hydrogens (tertiary/aromatic N) is 8. The van der Waals surface area contributed by atoms with Gasteiger partial charge in [-0.1, -0.05) is 17.7 Å². The Morgan fingerprint density at radius 3 is 2.60 bits per heavy atom. The molecule has 0 radical (unpaired) electrons. The lowest BCUT2D eigenvalue weighted by atomic mass is 9.85. The Hall–Kier alpha value is -3.95. The largest absolute Gasteiger partial charge is 0.444 e. The van der Waals surface area contributed by atoms with Gasteiger partial charge in [0.25, 0.3) is 0 Å². The zero-order chi connectivity index (χ0) is 28.3. The van der Waals surface area contributed by atoms with E-state index in [-0.39, 0.29) is 6.09 Å². The van der Waals surface area contributed by atoms with Crippen LogP contribution in [-0.4, -0.2) is 65.6 Å². The molecular weight excluding hydrogens is 504 g/mol. The third-order valence-corrected chi connectivity index (χ3v) is 7.30. The van der Waals surface area contributed by atoms with Crippen molar-refractivity contribution in [3.05, 3.63) is 60.4 Å². The minimum absolute atomic E-state index is 0.259. The summed E-state index contributed by atoms with van der Waals surface area (Å²) in [5.74, 6) is 0.555. The molecule has 0 spiro atoms. The maximum Gasteiger partial charge on any atom is 0.410 e. The van der Waals surface area contributed by atoms with Crippen molar-refractivity contribution in [3.63, 3.8) is 0 Å². The lowest BCUT2D eigenvalue weighted by molar-refractivity contribution is 0.0173. The minimum Gasteiger partial charge on any atom is -0.444 e. The molecule has 4 aromatic rings. The van der Waals surface area contributed by atoms with Gasteiger partial charge < -0.3 is 18.9 Å².